The second-order valence-corrected chi connectivity index (χ2v) is 6.15. The summed E-state index contributed by atoms with van der Waals surface area (Å²) in [5.41, 5.74) is 2.47. The summed E-state index contributed by atoms with van der Waals surface area (Å²) in [7, 11) is 0. The average molecular weight is 361 g/mol. The molecule has 0 spiro atoms. The van der Waals surface area contributed by atoms with Crippen molar-refractivity contribution in [1.82, 2.24) is 14.5 Å². The van der Waals surface area contributed by atoms with E-state index in [0.717, 1.165) is 5.69 Å². The smallest absolute Gasteiger partial charge is 0.164 e. The van der Waals surface area contributed by atoms with Crippen LogP contribution in [0.15, 0.2) is 54.7 Å². The van der Waals surface area contributed by atoms with Crippen LogP contribution < -0.4 is 9.47 Å². The van der Waals surface area contributed by atoms with Gasteiger partial charge in [0, 0.05) is 12.3 Å². The molecule has 2 N–H and O–H groups in total. The highest BCUT2D eigenvalue weighted by Crippen LogP contribution is 2.38. The number of fused-ring (bicyclic) bond motifs is 2. The van der Waals surface area contributed by atoms with Crippen LogP contribution in [0.4, 0.5) is 0 Å². The number of benzene rings is 2. The first kappa shape index (κ1) is 15.5. The summed E-state index contributed by atoms with van der Waals surface area (Å²) in [6, 6.07) is 13.6. The zero-order valence-corrected chi connectivity index (χ0v) is 14.2. The number of hydrogen-bond donors (Lipinski definition) is 2. The second-order valence-electron chi connectivity index (χ2n) is 6.15. The maximum Gasteiger partial charge on any atom is 0.164 e. The number of imidazole rings is 1. The zero-order chi connectivity index (χ0) is 18.4. The van der Waals surface area contributed by atoms with E-state index in [-0.39, 0.29) is 11.5 Å². The van der Waals surface area contributed by atoms with Crippen molar-refractivity contribution in [3.8, 4) is 40.1 Å². The van der Waals surface area contributed by atoms with Crippen LogP contribution in [0.5, 0.6) is 23.0 Å². The van der Waals surface area contributed by atoms with E-state index < -0.39 is 0 Å². The number of aromatic nitrogens is 3. The highest BCUT2D eigenvalue weighted by atomic mass is 16.6. The van der Waals surface area contributed by atoms with Crippen LogP contribution in [0.1, 0.15) is 0 Å². The Morgan fingerprint density at radius 3 is 2.67 bits per heavy atom. The lowest BCUT2D eigenvalue weighted by Gasteiger charge is -2.19. The SMILES string of the molecule is Oc1ccc(O)c(-c2nc3cccnc3n2-c2ccc3c(c2)OCCO3)c1. The fourth-order valence-corrected chi connectivity index (χ4v) is 3.21. The van der Waals surface area contributed by atoms with E-state index in [4.69, 9.17) is 9.47 Å². The van der Waals surface area contributed by atoms with Crippen LogP contribution >= 0.6 is 0 Å². The van der Waals surface area contributed by atoms with Gasteiger partial charge in [-0.15, -0.1) is 0 Å². The molecule has 7 nitrogen and oxygen atoms in total. The molecule has 0 radical (unpaired) electrons. The highest BCUT2D eigenvalue weighted by molar-refractivity contribution is 5.82. The van der Waals surface area contributed by atoms with E-state index in [1.165, 1.54) is 18.2 Å². The fraction of sp³-hybridized carbons (Fsp3) is 0.100. The third-order valence-corrected chi connectivity index (χ3v) is 4.42. The van der Waals surface area contributed by atoms with Crippen molar-refractivity contribution in [2.45, 2.75) is 0 Å². The fourth-order valence-electron chi connectivity index (χ4n) is 3.21. The molecule has 2 aromatic heterocycles. The molecule has 0 aliphatic carbocycles. The molecular weight excluding hydrogens is 346 g/mol. The van der Waals surface area contributed by atoms with Gasteiger partial charge in [0.05, 0.1) is 11.3 Å². The lowest BCUT2D eigenvalue weighted by Crippen LogP contribution is -2.15. The van der Waals surface area contributed by atoms with Crippen molar-refractivity contribution in [1.29, 1.82) is 0 Å². The minimum absolute atomic E-state index is 0.0156. The van der Waals surface area contributed by atoms with E-state index in [1.807, 2.05) is 28.8 Å². The molecule has 5 rings (SSSR count). The van der Waals surface area contributed by atoms with Crippen LogP contribution in [0, 0.1) is 0 Å². The molecule has 0 bridgehead atoms. The molecule has 7 heteroatoms. The van der Waals surface area contributed by atoms with Gasteiger partial charge in [0.15, 0.2) is 23.0 Å². The standard InChI is InChI=1S/C20H15N3O4/c24-13-4-5-16(25)14(11-13)19-22-15-2-1-7-21-20(15)23(19)12-3-6-17-18(10-12)27-9-8-26-17/h1-7,10-11,24-25H,8-9H2. The second kappa shape index (κ2) is 5.91. The van der Waals surface area contributed by atoms with E-state index in [1.54, 1.807) is 12.3 Å². The van der Waals surface area contributed by atoms with Gasteiger partial charge in [0.25, 0.3) is 0 Å². The Kier molecular flexibility index (Phi) is 3.39. The molecule has 4 aromatic rings. The molecule has 0 amide bonds. The van der Waals surface area contributed by atoms with Crippen molar-refractivity contribution >= 4 is 11.2 Å². The van der Waals surface area contributed by atoms with Gasteiger partial charge in [0.1, 0.15) is 30.2 Å². The van der Waals surface area contributed by atoms with Crippen molar-refractivity contribution in [3.63, 3.8) is 0 Å². The number of phenolic OH excluding ortho intramolecular Hbond substituents is 2. The van der Waals surface area contributed by atoms with Crippen LogP contribution in [-0.2, 0) is 0 Å². The van der Waals surface area contributed by atoms with Gasteiger partial charge in [-0.25, -0.2) is 9.97 Å². The first-order valence-corrected chi connectivity index (χ1v) is 8.46. The first-order valence-electron chi connectivity index (χ1n) is 8.46. The van der Waals surface area contributed by atoms with Gasteiger partial charge in [0.2, 0.25) is 0 Å². The zero-order valence-electron chi connectivity index (χ0n) is 14.2. The normalized spacial score (nSPS) is 13.0. The average Bonchev–Trinajstić information content (AvgIpc) is 3.08. The van der Waals surface area contributed by atoms with Crippen molar-refractivity contribution < 1.29 is 19.7 Å². The Bertz CT molecular complexity index is 1170. The molecule has 27 heavy (non-hydrogen) atoms. The molecule has 2 aromatic carbocycles. The van der Waals surface area contributed by atoms with Crippen molar-refractivity contribution in [2.24, 2.45) is 0 Å². The largest absolute Gasteiger partial charge is 0.508 e. The molecular formula is C20H15N3O4. The minimum Gasteiger partial charge on any atom is -0.508 e. The maximum atomic E-state index is 10.3. The Labute approximate surface area is 154 Å². The molecule has 134 valence electrons. The molecule has 0 saturated carbocycles. The monoisotopic (exact) mass is 361 g/mol. The van der Waals surface area contributed by atoms with E-state index >= 15 is 0 Å². The topological polar surface area (TPSA) is 89.6 Å². The summed E-state index contributed by atoms with van der Waals surface area (Å²) in [5, 5.41) is 20.2. The quantitative estimate of drug-likeness (QED) is 0.533. The molecule has 1 aliphatic heterocycles. The Morgan fingerprint density at radius 2 is 1.78 bits per heavy atom. The third kappa shape index (κ3) is 2.52. The predicted molar refractivity (Wildman–Crippen MR) is 98.6 cm³/mol. The first-order chi connectivity index (χ1) is 13.2. The third-order valence-electron chi connectivity index (χ3n) is 4.42. The van der Waals surface area contributed by atoms with Crippen LogP contribution in [0.3, 0.4) is 0 Å². The molecule has 0 unspecified atom stereocenters. The van der Waals surface area contributed by atoms with Crippen LogP contribution in [-0.4, -0.2) is 38.0 Å². The summed E-state index contributed by atoms with van der Waals surface area (Å²) in [6.45, 7) is 1.00. The van der Waals surface area contributed by atoms with Gasteiger partial charge in [-0.05, 0) is 42.5 Å². The maximum absolute atomic E-state index is 10.3. The lowest BCUT2D eigenvalue weighted by molar-refractivity contribution is 0.171. The van der Waals surface area contributed by atoms with Gasteiger partial charge in [-0.1, -0.05) is 0 Å². The van der Waals surface area contributed by atoms with Crippen molar-refractivity contribution in [2.75, 3.05) is 13.2 Å². The van der Waals surface area contributed by atoms with Crippen LogP contribution in [0.2, 0.25) is 0 Å². The summed E-state index contributed by atoms with van der Waals surface area (Å²) < 4.78 is 13.1. The summed E-state index contributed by atoms with van der Waals surface area (Å²) in [4.78, 5) is 9.08. The highest BCUT2D eigenvalue weighted by Gasteiger charge is 2.20. The molecule has 1 aliphatic rings. The summed E-state index contributed by atoms with van der Waals surface area (Å²) >= 11 is 0. The Morgan fingerprint density at radius 1 is 0.926 bits per heavy atom. The predicted octanol–water partition coefficient (Wildman–Crippen LogP) is 3.27. The lowest BCUT2D eigenvalue weighted by atomic mass is 10.1. The van der Waals surface area contributed by atoms with Gasteiger partial charge in [-0.3, -0.25) is 4.57 Å². The van der Waals surface area contributed by atoms with Crippen molar-refractivity contribution in [3.05, 3.63) is 54.7 Å². The van der Waals surface area contributed by atoms with Gasteiger partial charge >= 0.3 is 0 Å². The van der Waals surface area contributed by atoms with Crippen LogP contribution in [0.25, 0.3) is 28.2 Å². The molecule has 3 heterocycles. The van der Waals surface area contributed by atoms with E-state index in [2.05, 4.69) is 9.97 Å². The molecule has 0 saturated heterocycles. The number of ether oxygens (including phenoxy) is 2. The van der Waals surface area contributed by atoms with Gasteiger partial charge in [-0.2, -0.15) is 0 Å². The number of pyridine rings is 1. The molecule has 0 fully saturated rings. The minimum atomic E-state index is 0.0156. The number of phenols is 2. The summed E-state index contributed by atoms with van der Waals surface area (Å²) in [5.74, 6) is 1.85. The number of nitrogens with zero attached hydrogens (tertiary/aromatic N) is 3. The Hall–Kier alpha value is -3.74. The van der Waals surface area contributed by atoms with Gasteiger partial charge < -0.3 is 19.7 Å². The van der Waals surface area contributed by atoms with E-state index in [9.17, 15) is 10.2 Å². The summed E-state index contributed by atoms with van der Waals surface area (Å²) in [6.07, 6.45) is 1.69. The molecule has 0 atom stereocenters. The number of hydrogen-bond acceptors (Lipinski definition) is 6. The van der Waals surface area contributed by atoms with E-state index in [0.29, 0.717) is 47.3 Å². The number of aromatic hydroxyl groups is 2. The Balaban J connectivity index is 1.80. The number of rotatable bonds is 2.